The molecule has 1 aliphatic heterocycles. The van der Waals surface area contributed by atoms with Gasteiger partial charge in [-0.2, -0.15) is 0 Å². The van der Waals surface area contributed by atoms with Crippen LogP contribution in [0.4, 0.5) is 0 Å². The second-order valence-corrected chi connectivity index (χ2v) is 11.5. The molecular weight excluding hydrogens is 511 g/mol. The number of fused-ring (bicyclic) bond motifs is 1. The highest BCUT2D eigenvalue weighted by Gasteiger charge is 2.62. The molecule has 5 heteroatoms. The summed E-state index contributed by atoms with van der Waals surface area (Å²) < 4.78 is 1.25. The number of likely N-dealkylation sites (tertiary alicyclic amines) is 1. The third-order valence-electron chi connectivity index (χ3n) is 9.24. The second-order valence-electron chi connectivity index (χ2n) is 11.5. The minimum atomic E-state index is -1.38. The number of rotatable bonds is 7. The summed E-state index contributed by atoms with van der Waals surface area (Å²) in [5, 5.41) is 14.8. The Kier molecular flexibility index (Phi) is 7.58. The highest BCUT2D eigenvalue weighted by Crippen LogP contribution is 2.54. The first-order valence-electron chi connectivity index (χ1n) is 12.9. The lowest BCUT2D eigenvalue weighted by atomic mass is 9.79. The lowest BCUT2D eigenvalue weighted by Gasteiger charge is -2.37. The van der Waals surface area contributed by atoms with Gasteiger partial charge in [0.1, 0.15) is 0 Å². The van der Waals surface area contributed by atoms with Crippen LogP contribution in [0.2, 0.25) is 0 Å². The molecule has 0 radical (unpaired) electrons. The van der Waals surface area contributed by atoms with Crippen LogP contribution in [0.25, 0.3) is 0 Å². The van der Waals surface area contributed by atoms with E-state index in [1.165, 1.54) is 56.2 Å². The van der Waals surface area contributed by atoms with Crippen molar-refractivity contribution in [3.05, 3.63) is 35.9 Å². The Morgan fingerprint density at radius 2 is 1.59 bits per heavy atom. The quantitative estimate of drug-likeness (QED) is 0.393. The molecule has 178 valence electrons. The normalized spacial score (nSPS) is 34.4. The Bertz CT molecular complexity index is 763. The Balaban J connectivity index is 0.00000245. The molecule has 0 spiro atoms. The SMILES string of the molecule is C[N+]1(CC2CCCCC2)CC2C(CNC(=O)C(O)(c3ccccc3)C3CCCC3)C2C1.[I-]. The number of hydrogen-bond acceptors (Lipinski definition) is 2. The number of benzene rings is 1. The smallest absolute Gasteiger partial charge is 0.256 e. The van der Waals surface area contributed by atoms with E-state index in [0.29, 0.717) is 5.92 Å². The van der Waals surface area contributed by atoms with E-state index >= 15 is 0 Å². The van der Waals surface area contributed by atoms with Crippen molar-refractivity contribution in [2.75, 3.05) is 33.2 Å². The van der Waals surface area contributed by atoms with Crippen molar-refractivity contribution in [2.24, 2.45) is 29.6 Å². The summed E-state index contributed by atoms with van der Waals surface area (Å²) in [5.41, 5.74) is -0.625. The number of quaternary nitrogens is 1. The number of hydrogen-bond donors (Lipinski definition) is 2. The number of piperidine rings is 1. The summed E-state index contributed by atoms with van der Waals surface area (Å²) in [4.78, 5) is 13.3. The predicted octanol–water partition coefficient (Wildman–Crippen LogP) is 1.09. The fourth-order valence-corrected chi connectivity index (χ4v) is 7.54. The monoisotopic (exact) mass is 552 g/mol. The molecule has 1 saturated heterocycles. The fraction of sp³-hybridized carbons (Fsp3) is 0.741. The zero-order chi connectivity index (χ0) is 21.5. The van der Waals surface area contributed by atoms with Crippen LogP contribution in [0.15, 0.2) is 30.3 Å². The average Bonchev–Trinajstić information content (AvgIpc) is 3.17. The van der Waals surface area contributed by atoms with Crippen LogP contribution < -0.4 is 29.3 Å². The van der Waals surface area contributed by atoms with Gasteiger partial charge in [-0.05, 0) is 37.2 Å². The number of carbonyl (C=O) groups excluding carboxylic acids is 1. The van der Waals surface area contributed by atoms with Crippen LogP contribution >= 0.6 is 0 Å². The molecule has 5 rings (SSSR count). The molecule has 4 nitrogen and oxygen atoms in total. The third kappa shape index (κ3) is 4.76. The van der Waals surface area contributed by atoms with Gasteiger partial charge >= 0.3 is 0 Å². The predicted molar refractivity (Wildman–Crippen MR) is 123 cm³/mol. The summed E-state index contributed by atoms with van der Waals surface area (Å²) in [6.07, 6.45) is 11.2. The summed E-state index contributed by atoms with van der Waals surface area (Å²) in [5.74, 6) is 2.95. The summed E-state index contributed by atoms with van der Waals surface area (Å²) in [6.45, 7) is 4.67. The molecule has 1 heterocycles. The number of amides is 1. The molecule has 1 aromatic carbocycles. The van der Waals surface area contributed by atoms with Crippen molar-refractivity contribution in [3.8, 4) is 0 Å². The molecule has 3 aliphatic carbocycles. The molecule has 3 atom stereocenters. The van der Waals surface area contributed by atoms with E-state index in [0.717, 1.165) is 55.5 Å². The van der Waals surface area contributed by atoms with E-state index in [9.17, 15) is 9.90 Å². The number of aliphatic hydroxyl groups is 1. The van der Waals surface area contributed by atoms with Crippen molar-refractivity contribution in [3.63, 3.8) is 0 Å². The Hall–Kier alpha value is -0.660. The third-order valence-corrected chi connectivity index (χ3v) is 9.24. The lowest BCUT2D eigenvalue weighted by molar-refractivity contribution is -0.906. The van der Waals surface area contributed by atoms with Gasteiger partial charge in [0.05, 0.1) is 26.7 Å². The van der Waals surface area contributed by atoms with Crippen molar-refractivity contribution < 1.29 is 38.4 Å². The van der Waals surface area contributed by atoms with Gasteiger partial charge in [0.25, 0.3) is 5.91 Å². The largest absolute Gasteiger partial charge is 1.00 e. The average molecular weight is 553 g/mol. The van der Waals surface area contributed by atoms with Gasteiger partial charge < -0.3 is 38.9 Å². The highest BCUT2D eigenvalue weighted by atomic mass is 127. The van der Waals surface area contributed by atoms with E-state index in [1.807, 2.05) is 30.3 Å². The number of halogens is 1. The van der Waals surface area contributed by atoms with Gasteiger partial charge in [-0.1, -0.05) is 62.4 Å². The maximum atomic E-state index is 13.3. The first-order valence-corrected chi connectivity index (χ1v) is 12.9. The number of nitrogens with one attached hydrogen (secondary N) is 1. The summed E-state index contributed by atoms with van der Waals surface area (Å²) in [7, 11) is 2.46. The van der Waals surface area contributed by atoms with Crippen molar-refractivity contribution >= 4 is 5.91 Å². The molecule has 3 unspecified atom stereocenters. The van der Waals surface area contributed by atoms with Gasteiger partial charge in [0.15, 0.2) is 5.60 Å². The minimum absolute atomic E-state index is 0. The maximum absolute atomic E-state index is 13.3. The first-order chi connectivity index (χ1) is 15.0. The van der Waals surface area contributed by atoms with E-state index in [4.69, 9.17) is 0 Å². The summed E-state index contributed by atoms with van der Waals surface area (Å²) in [6, 6.07) is 9.64. The lowest BCUT2D eigenvalue weighted by Crippen LogP contribution is -3.00. The molecule has 4 fully saturated rings. The van der Waals surface area contributed by atoms with Crippen molar-refractivity contribution in [1.29, 1.82) is 0 Å². The molecule has 0 bridgehead atoms. The molecule has 1 aromatic rings. The van der Waals surface area contributed by atoms with E-state index in [2.05, 4.69) is 12.4 Å². The van der Waals surface area contributed by atoms with Crippen LogP contribution in [0.3, 0.4) is 0 Å². The molecule has 4 aliphatic rings. The van der Waals surface area contributed by atoms with Crippen LogP contribution in [0.5, 0.6) is 0 Å². The number of carbonyl (C=O) groups is 1. The summed E-state index contributed by atoms with van der Waals surface area (Å²) >= 11 is 0. The van der Waals surface area contributed by atoms with Gasteiger partial charge in [0.2, 0.25) is 0 Å². The van der Waals surface area contributed by atoms with Crippen LogP contribution in [0, 0.1) is 29.6 Å². The number of nitrogens with zero attached hydrogens (tertiary/aromatic N) is 1. The van der Waals surface area contributed by atoms with Crippen LogP contribution in [-0.4, -0.2) is 48.7 Å². The topological polar surface area (TPSA) is 49.3 Å². The standard InChI is InChI=1S/C27H40N2O2.HI/c1-29(17-20-10-4-2-5-11-20)18-24-23(25(24)19-29)16-28-26(30)27(31,22-14-8-9-15-22)21-12-6-3-7-13-21;/h3,6-7,12-13,20,22-25,31H,2,4-5,8-11,14-19H2,1H3;1H. The molecule has 32 heavy (non-hydrogen) atoms. The zero-order valence-electron chi connectivity index (χ0n) is 19.6. The molecule has 3 saturated carbocycles. The van der Waals surface area contributed by atoms with E-state index in [-0.39, 0.29) is 35.8 Å². The highest BCUT2D eigenvalue weighted by molar-refractivity contribution is 5.86. The minimum Gasteiger partial charge on any atom is -1.00 e. The Morgan fingerprint density at radius 1 is 1.00 bits per heavy atom. The molecule has 1 amide bonds. The van der Waals surface area contributed by atoms with Crippen molar-refractivity contribution in [1.82, 2.24) is 5.32 Å². The molecule has 0 aromatic heterocycles. The van der Waals surface area contributed by atoms with Gasteiger partial charge in [0, 0.05) is 30.2 Å². The van der Waals surface area contributed by atoms with Crippen LogP contribution in [-0.2, 0) is 10.4 Å². The van der Waals surface area contributed by atoms with Crippen molar-refractivity contribution in [2.45, 2.75) is 63.4 Å². The van der Waals surface area contributed by atoms with E-state index < -0.39 is 5.60 Å². The Morgan fingerprint density at radius 3 is 2.22 bits per heavy atom. The van der Waals surface area contributed by atoms with Crippen LogP contribution in [0.1, 0.15) is 63.4 Å². The Labute approximate surface area is 211 Å². The van der Waals surface area contributed by atoms with Gasteiger partial charge in [-0.25, -0.2) is 0 Å². The first kappa shape index (κ1) is 24.5. The zero-order valence-corrected chi connectivity index (χ0v) is 21.8. The molecule has 2 N–H and O–H groups in total. The molecular formula is C27H41IN2O2. The van der Waals surface area contributed by atoms with Gasteiger partial charge in [-0.15, -0.1) is 0 Å². The fourth-order valence-electron chi connectivity index (χ4n) is 7.54. The van der Waals surface area contributed by atoms with Gasteiger partial charge in [-0.3, -0.25) is 4.79 Å². The second kappa shape index (κ2) is 9.91. The maximum Gasteiger partial charge on any atom is 0.256 e. The van der Waals surface area contributed by atoms with E-state index in [1.54, 1.807) is 0 Å².